The number of aliphatic hydroxyl groups excluding tert-OH is 1. The molecule has 2 rings (SSSR count). The van der Waals surface area contributed by atoms with E-state index in [0.717, 1.165) is 12.1 Å². The molecule has 1 atom stereocenters. The Hall–Kier alpha value is -1.94. The predicted molar refractivity (Wildman–Crippen MR) is 68.2 cm³/mol. The first-order chi connectivity index (χ1) is 9.02. The summed E-state index contributed by atoms with van der Waals surface area (Å²) in [6.45, 7) is 1.47. The molecular weight excluding hydrogens is 250 g/mol. The van der Waals surface area contributed by atoms with Crippen LogP contribution >= 0.6 is 0 Å². The summed E-state index contributed by atoms with van der Waals surface area (Å²) in [5.74, 6) is -0.628. The van der Waals surface area contributed by atoms with E-state index in [-0.39, 0.29) is 11.1 Å². The minimum Gasteiger partial charge on any atom is -0.497 e. The van der Waals surface area contributed by atoms with Gasteiger partial charge in [-0.05, 0) is 42.3 Å². The van der Waals surface area contributed by atoms with E-state index in [0.29, 0.717) is 11.3 Å². The van der Waals surface area contributed by atoms with E-state index >= 15 is 0 Å². The lowest BCUT2D eigenvalue weighted by molar-refractivity contribution is 0.213. The molecule has 0 amide bonds. The molecule has 0 saturated carbocycles. The van der Waals surface area contributed by atoms with Crippen LogP contribution in [-0.2, 0) is 0 Å². The van der Waals surface area contributed by atoms with E-state index in [4.69, 9.17) is 4.74 Å². The van der Waals surface area contributed by atoms with Crippen LogP contribution in [0.25, 0.3) is 0 Å². The molecule has 2 aromatic carbocycles. The zero-order chi connectivity index (χ0) is 14.0. The standard InChI is InChI=1S/C15H14F2O2/c1-9-6-14(17)12(8-13(9)16)15(18)10-4-3-5-11(7-10)19-2/h3-8,15,18H,1-2H3. The molecule has 0 bridgehead atoms. The number of benzene rings is 2. The number of rotatable bonds is 3. The number of halogens is 2. The van der Waals surface area contributed by atoms with E-state index in [2.05, 4.69) is 0 Å². The molecule has 0 aliphatic rings. The Labute approximate surface area is 110 Å². The highest BCUT2D eigenvalue weighted by Gasteiger charge is 2.17. The third kappa shape index (κ3) is 2.74. The second-order valence-electron chi connectivity index (χ2n) is 4.30. The molecule has 0 saturated heterocycles. The monoisotopic (exact) mass is 264 g/mol. The average molecular weight is 264 g/mol. The minimum absolute atomic E-state index is 0.0867. The van der Waals surface area contributed by atoms with Crippen LogP contribution in [0.5, 0.6) is 5.75 Å². The minimum atomic E-state index is -1.23. The molecule has 2 nitrogen and oxygen atoms in total. The van der Waals surface area contributed by atoms with Crippen molar-refractivity contribution in [1.29, 1.82) is 0 Å². The molecule has 0 aliphatic heterocycles. The van der Waals surface area contributed by atoms with E-state index < -0.39 is 17.7 Å². The van der Waals surface area contributed by atoms with Gasteiger partial charge in [0.2, 0.25) is 0 Å². The van der Waals surface area contributed by atoms with Crippen LogP contribution in [0.2, 0.25) is 0 Å². The van der Waals surface area contributed by atoms with Gasteiger partial charge in [0.1, 0.15) is 23.5 Å². The number of aryl methyl sites for hydroxylation is 1. The van der Waals surface area contributed by atoms with Gasteiger partial charge in [-0.15, -0.1) is 0 Å². The molecule has 0 spiro atoms. The Kier molecular flexibility index (Phi) is 3.81. The van der Waals surface area contributed by atoms with Crippen LogP contribution in [-0.4, -0.2) is 12.2 Å². The number of ether oxygens (including phenoxy) is 1. The van der Waals surface area contributed by atoms with Gasteiger partial charge in [0.15, 0.2) is 0 Å². The number of hydrogen-bond acceptors (Lipinski definition) is 2. The maximum absolute atomic E-state index is 13.8. The smallest absolute Gasteiger partial charge is 0.129 e. The third-order valence-electron chi connectivity index (χ3n) is 2.98. The van der Waals surface area contributed by atoms with Crippen LogP contribution < -0.4 is 4.74 Å². The fourth-order valence-corrected chi connectivity index (χ4v) is 1.86. The van der Waals surface area contributed by atoms with Crippen LogP contribution in [0.3, 0.4) is 0 Å². The first-order valence-corrected chi connectivity index (χ1v) is 5.80. The lowest BCUT2D eigenvalue weighted by Gasteiger charge is -2.14. The molecule has 1 unspecified atom stereocenters. The maximum Gasteiger partial charge on any atom is 0.129 e. The van der Waals surface area contributed by atoms with Crippen molar-refractivity contribution in [3.05, 3.63) is 64.7 Å². The molecule has 0 radical (unpaired) electrons. The number of hydrogen-bond donors (Lipinski definition) is 1. The van der Waals surface area contributed by atoms with Crippen molar-refractivity contribution in [3.63, 3.8) is 0 Å². The fourth-order valence-electron chi connectivity index (χ4n) is 1.86. The first-order valence-electron chi connectivity index (χ1n) is 5.80. The normalized spacial score (nSPS) is 12.3. The molecule has 19 heavy (non-hydrogen) atoms. The summed E-state index contributed by atoms with van der Waals surface area (Å²) >= 11 is 0. The Morgan fingerprint density at radius 2 is 1.84 bits per heavy atom. The van der Waals surface area contributed by atoms with Crippen molar-refractivity contribution >= 4 is 0 Å². The fraction of sp³-hybridized carbons (Fsp3) is 0.200. The molecule has 2 aromatic rings. The Morgan fingerprint density at radius 3 is 2.53 bits per heavy atom. The van der Waals surface area contributed by atoms with Crippen molar-refractivity contribution in [3.8, 4) is 5.75 Å². The lowest BCUT2D eigenvalue weighted by atomic mass is 9.99. The van der Waals surface area contributed by atoms with Gasteiger partial charge in [0.05, 0.1) is 7.11 Å². The summed E-state index contributed by atoms with van der Waals surface area (Å²) in [4.78, 5) is 0. The van der Waals surface area contributed by atoms with E-state index in [1.54, 1.807) is 24.3 Å². The molecule has 0 fully saturated rings. The SMILES string of the molecule is COc1cccc(C(O)c2cc(F)c(C)cc2F)c1. The van der Waals surface area contributed by atoms with Crippen molar-refractivity contribution in [2.75, 3.05) is 7.11 Å². The Bertz CT molecular complexity index is 597. The van der Waals surface area contributed by atoms with Gasteiger partial charge in [0, 0.05) is 5.56 Å². The lowest BCUT2D eigenvalue weighted by Crippen LogP contribution is -2.04. The van der Waals surface area contributed by atoms with Gasteiger partial charge in [-0.1, -0.05) is 12.1 Å². The highest BCUT2D eigenvalue weighted by atomic mass is 19.1. The zero-order valence-electron chi connectivity index (χ0n) is 10.7. The summed E-state index contributed by atoms with van der Waals surface area (Å²) in [7, 11) is 1.50. The highest BCUT2D eigenvalue weighted by Crippen LogP contribution is 2.28. The van der Waals surface area contributed by atoms with Gasteiger partial charge in [-0.2, -0.15) is 0 Å². The van der Waals surface area contributed by atoms with Crippen LogP contribution in [0.15, 0.2) is 36.4 Å². The maximum atomic E-state index is 13.8. The van der Waals surface area contributed by atoms with Crippen molar-refractivity contribution in [2.24, 2.45) is 0 Å². The molecule has 0 aromatic heterocycles. The summed E-state index contributed by atoms with van der Waals surface area (Å²) in [5.41, 5.74) is 0.567. The van der Waals surface area contributed by atoms with Crippen molar-refractivity contribution in [2.45, 2.75) is 13.0 Å². The zero-order valence-corrected chi connectivity index (χ0v) is 10.7. The van der Waals surface area contributed by atoms with Gasteiger partial charge in [0.25, 0.3) is 0 Å². The molecule has 4 heteroatoms. The summed E-state index contributed by atoms with van der Waals surface area (Å²) in [5, 5.41) is 10.1. The second kappa shape index (κ2) is 5.36. The second-order valence-corrected chi connectivity index (χ2v) is 4.30. The average Bonchev–Trinajstić information content (AvgIpc) is 2.42. The summed E-state index contributed by atoms with van der Waals surface area (Å²) < 4.78 is 32.3. The Balaban J connectivity index is 2.43. The molecule has 100 valence electrons. The van der Waals surface area contributed by atoms with E-state index in [1.165, 1.54) is 14.0 Å². The van der Waals surface area contributed by atoms with Crippen LogP contribution in [0, 0.1) is 18.6 Å². The van der Waals surface area contributed by atoms with Crippen LogP contribution in [0.4, 0.5) is 8.78 Å². The van der Waals surface area contributed by atoms with Crippen molar-refractivity contribution < 1.29 is 18.6 Å². The van der Waals surface area contributed by atoms with Crippen molar-refractivity contribution in [1.82, 2.24) is 0 Å². The topological polar surface area (TPSA) is 29.5 Å². The largest absolute Gasteiger partial charge is 0.497 e. The quantitative estimate of drug-likeness (QED) is 0.921. The molecule has 0 aliphatic carbocycles. The van der Waals surface area contributed by atoms with Crippen LogP contribution in [0.1, 0.15) is 22.8 Å². The first kappa shape index (κ1) is 13.5. The van der Waals surface area contributed by atoms with Gasteiger partial charge >= 0.3 is 0 Å². The number of methoxy groups -OCH3 is 1. The van der Waals surface area contributed by atoms with E-state index in [9.17, 15) is 13.9 Å². The molecule has 1 N–H and O–H groups in total. The molecule has 0 heterocycles. The predicted octanol–water partition coefficient (Wildman–Crippen LogP) is 3.36. The van der Waals surface area contributed by atoms with Gasteiger partial charge in [-0.25, -0.2) is 8.78 Å². The summed E-state index contributed by atoms with van der Waals surface area (Å²) in [6.07, 6.45) is -1.23. The molecular formula is C15H14F2O2. The van der Waals surface area contributed by atoms with Gasteiger partial charge < -0.3 is 9.84 Å². The summed E-state index contributed by atoms with van der Waals surface area (Å²) in [6, 6.07) is 8.71. The number of aliphatic hydroxyl groups is 1. The Morgan fingerprint density at radius 1 is 1.11 bits per heavy atom. The van der Waals surface area contributed by atoms with E-state index in [1.807, 2.05) is 0 Å². The third-order valence-corrected chi connectivity index (χ3v) is 2.98. The van der Waals surface area contributed by atoms with Gasteiger partial charge in [-0.3, -0.25) is 0 Å². The highest BCUT2D eigenvalue weighted by molar-refractivity contribution is 5.37.